The molecular weight excluding hydrogens is 244 g/mol. The minimum atomic E-state index is -0.286. The van der Waals surface area contributed by atoms with E-state index in [0.717, 1.165) is 4.47 Å². The van der Waals surface area contributed by atoms with Crippen molar-refractivity contribution in [1.29, 1.82) is 0 Å². The van der Waals surface area contributed by atoms with Crippen molar-refractivity contribution in [3.05, 3.63) is 33.8 Å². The molecule has 74 valence electrons. The standard InChI is InChI=1S/C10H11BrN2O/c11-8-3-1-2-6-5-13-9(10(12)14)4-7(6)8/h1-3,9,13H,4-5H2,(H2,12,14)/t9-/m0/s1. The number of primary amides is 1. The van der Waals surface area contributed by atoms with E-state index < -0.39 is 0 Å². The molecule has 0 saturated carbocycles. The maximum atomic E-state index is 11.0. The molecule has 1 aliphatic rings. The molecule has 0 unspecified atom stereocenters. The minimum Gasteiger partial charge on any atom is -0.368 e. The van der Waals surface area contributed by atoms with E-state index in [4.69, 9.17) is 5.73 Å². The number of amides is 1. The number of halogens is 1. The Labute approximate surface area is 90.8 Å². The number of carbonyl (C=O) groups is 1. The third-order valence-corrected chi connectivity index (χ3v) is 3.25. The molecule has 1 heterocycles. The molecule has 3 nitrogen and oxygen atoms in total. The van der Waals surface area contributed by atoms with Gasteiger partial charge in [0, 0.05) is 11.0 Å². The summed E-state index contributed by atoms with van der Waals surface area (Å²) in [6.07, 6.45) is 0.673. The van der Waals surface area contributed by atoms with Crippen LogP contribution >= 0.6 is 15.9 Å². The Kier molecular flexibility index (Phi) is 2.56. The van der Waals surface area contributed by atoms with Crippen molar-refractivity contribution in [2.45, 2.75) is 19.0 Å². The van der Waals surface area contributed by atoms with E-state index in [-0.39, 0.29) is 11.9 Å². The average Bonchev–Trinajstić information content (AvgIpc) is 2.18. The number of fused-ring (bicyclic) bond motifs is 1. The van der Waals surface area contributed by atoms with Gasteiger partial charge in [-0.2, -0.15) is 0 Å². The number of hydrogen-bond acceptors (Lipinski definition) is 2. The Balaban J connectivity index is 2.33. The van der Waals surface area contributed by atoms with Gasteiger partial charge < -0.3 is 11.1 Å². The first-order valence-corrected chi connectivity index (χ1v) is 5.27. The Morgan fingerprint density at radius 3 is 3.07 bits per heavy atom. The van der Waals surface area contributed by atoms with Gasteiger partial charge in [0.15, 0.2) is 0 Å². The maximum Gasteiger partial charge on any atom is 0.234 e. The lowest BCUT2D eigenvalue weighted by Gasteiger charge is -2.24. The SMILES string of the molecule is NC(=O)[C@@H]1Cc2c(Br)cccc2CN1. The van der Waals surface area contributed by atoms with Crippen molar-refractivity contribution < 1.29 is 4.79 Å². The molecule has 1 aromatic rings. The molecule has 0 aliphatic carbocycles. The highest BCUT2D eigenvalue weighted by molar-refractivity contribution is 9.10. The van der Waals surface area contributed by atoms with Crippen molar-refractivity contribution in [3.8, 4) is 0 Å². The van der Waals surface area contributed by atoms with Crippen molar-refractivity contribution in [3.63, 3.8) is 0 Å². The summed E-state index contributed by atoms with van der Waals surface area (Å²) in [5, 5.41) is 3.11. The molecule has 1 atom stereocenters. The van der Waals surface area contributed by atoms with Gasteiger partial charge in [0.1, 0.15) is 0 Å². The van der Waals surface area contributed by atoms with Gasteiger partial charge in [0.2, 0.25) is 5.91 Å². The van der Waals surface area contributed by atoms with Crippen molar-refractivity contribution >= 4 is 21.8 Å². The molecule has 0 fully saturated rings. The van der Waals surface area contributed by atoms with Gasteiger partial charge >= 0.3 is 0 Å². The Hall–Kier alpha value is -0.870. The van der Waals surface area contributed by atoms with Crippen LogP contribution in [0.5, 0.6) is 0 Å². The molecule has 0 spiro atoms. The molecule has 3 N–H and O–H groups in total. The smallest absolute Gasteiger partial charge is 0.234 e. The fourth-order valence-electron chi connectivity index (χ4n) is 1.71. The van der Waals surface area contributed by atoms with Crippen LogP contribution < -0.4 is 11.1 Å². The van der Waals surface area contributed by atoms with Gasteiger partial charge in [-0.3, -0.25) is 4.79 Å². The summed E-state index contributed by atoms with van der Waals surface area (Å²) in [5.74, 6) is -0.286. The molecule has 0 saturated heterocycles. The van der Waals surface area contributed by atoms with Crippen LogP contribution in [0.4, 0.5) is 0 Å². The number of nitrogens with one attached hydrogen (secondary N) is 1. The van der Waals surface area contributed by atoms with E-state index in [0.29, 0.717) is 13.0 Å². The van der Waals surface area contributed by atoms with Crippen molar-refractivity contribution in [1.82, 2.24) is 5.32 Å². The second-order valence-corrected chi connectivity index (χ2v) is 4.27. The summed E-state index contributed by atoms with van der Waals surface area (Å²) in [6.45, 7) is 0.711. The van der Waals surface area contributed by atoms with E-state index in [1.54, 1.807) is 0 Å². The topological polar surface area (TPSA) is 55.1 Å². The lowest BCUT2D eigenvalue weighted by Crippen LogP contribution is -2.45. The summed E-state index contributed by atoms with van der Waals surface area (Å²) in [5.41, 5.74) is 7.68. The van der Waals surface area contributed by atoms with Crippen LogP contribution in [-0.4, -0.2) is 11.9 Å². The summed E-state index contributed by atoms with van der Waals surface area (Å²) >= 11 is 3.48. The quantitative estimate of drug-likeness (QED) is 0.785. The second kappa shape index (κ2) is 3.71. The molecule has 14 heavy (non-hydrogen) atoms. The van der Waals surface area contributed by atoms with Crippen LogP contribution in [-0.2, 0) is 17.8 Å². The Morgan fingerprint density at radius 1 is 1.57 bits per heavy atom. The molecular formula is C10H11BrN2O. The van der Waals surface area contributed by atoms with Gasteiger partial charge in [-0.25, -0.2) is 0 Å². The highest BCUT2D eigenvalue weighted by atomic mass is 79.9. The number of hydrogen-bond donors (Lipinski definition) is 2. The predicted molar refractivity (Wildman–Crippen MR) is 57.7 cm³/mol. The van der Waals surface area contributed by atoms with E-state index in [2.05, 4.69) is 27.3 Å². The van der Waals surface area contributed by atoms with Gasteiger partial charge in [0.05, 0.1) is 6.04 Å². The number of benzene rings is 1. The van der Waals surface area contributed by atoms with Crippen LogP contribution in [0.2, 0.25) is 0 Å². The third kappa shape index (κ3) is 1.67. The fourth-order valence-corrected chi connectivity index (χ4v) is 2.28. The van der Waals surface area contributed by atoms with Gasteiger partial charge in [-0.05, 0) is 23.6 Å². The van der Waals surface area contributed by atoms with Crippen LogP contribution in [0.1, 0.15) is 11.1 Å². The Bertz CT molecular complexity index is 378. The first-order valence-electron chi connectivity index (χ1n) is 4.47. The third-order valence-electron chi connectivity index (χ3n) is 2.51. The van der Waals surface area contributed by atoms with Crippen LogP contribution in [0.15, 0.2) is 22.7 Å². The molecule has 1 aromatic carbocycles. The van der Waals surface area contributed by atoms with E-state index in [1.165, 1.54) is 11.1 Å². The van der Waals surface area contributed by atoms with E-state index in [9.17, 15) is 4.79 Å². The summed E-state index contributed by atoms with van der Waals surface area (Å²) in [4.78, 5) is 11.0. The predicted octanol–water partition coefficient (Wildman–Crippen LogP) is 0.949. The monoisotopic (exact) mass is 254 g/mol. The zero-order valence-electron chi connectivity index (χ0n) is 7.59. The Morgan fingerprint density at radius 2 is 2.36 bits per heavy atom. The van der Waals surface area contributed by atoms with Crippen LogP contribution in [0, 0.1) is 0 Å². The molecule has 0 aromatic heterocycles. The normalized spacial score (nSPS) is 20.2. The van der Waals surface area contributed by atoms with Gasteiger partial charge in [-0.1, -0.05) is 28.1 Å². The summed E-state index contributed by atoms with van der Waals surface area (Å²) < 4.78 is 1.06. The fraction of sp³-hybridized carbons (Fsp3) is 0.300. The number of rotatable bonds is 1. The molecule has 4 heteroatoms. The van der Waals surface area contributed by atoms with Crippen LogP contribution in [0.3, 0.4) is 0 Å². The van der Waals surface area contributed by atoms with Crippen molar-refractivity contribution in [2.75, 3.05) is 0 Å². The molecule has 0 radical (unpaired) electrons. The first-order chi connectivity index (χ1) is 6.68. The number of carbonyl (C=O) groups excluding carboxylic acids is 1. The maximum absolute atomic E-state index is 11.0. The zero-order chi connectivity index (χ0) is 10.1. The average molecular weight is 255 g/mol. The van der Waals surface area contributed by atoms with Crippen LogP contribution in [0.25, 0.3) is 0 Å². The number of nitrogens with two attached hydrogens (primary N) is 1. The van der Waals surface area contributed by atoms with E-state index in [1.807, 2.05) is 12.1 Å². The molecule has 2 rings (SSSR count). The summed E-state index contributed by atoms with van der Waals surface area (Å²) in [7, 11) is 0. The largest absolute Gasteiger partial charge is 0.368 e. The highest BCUT2D eigenvalue weighted by Gasteiger charge is 2.23. The van der Waals surface area contributed by atoms with Crippen molar-refractivity contribution in [2.24, 2.45) is 5.73 Å². The van der Waals surface area contributed by atoms with E-state index >= 15 is 0 Å². The molecule has 1 aliphatic heterocycles. The molecule has 0 bridgehead atoms. The minimum absolute atomic E-state index is 0.235. The lowest BCUT2D eigenvalue weighted by atomic mass is 9.96. The van der Waals surface area contributed by atoms with Gasteiger partial charge in [0.25, 0.3) is 0 Å². The van der Waals surface area contributed by atoms with Gasteiger partial charge in [-0.15, -0.1) is 0 Å². The highest BCUT2D eigenvalue weighted by Crippen LogP contribution is 2.24. The zero-order valence-corrected chi connectivity index (χ0v) is 9.17. The summed E-state index contributed by atoms with van der Waals surface area (Å²) in [6, 6.07) is 5.81. The first kappa shape index (κ1) is 9.68. The lowest BCUT2D eigenvalue weighted by molar-refractivity contribution is -0.120. The molecule has 1 amide bonds. The second-order valence-electron chi connectivity index (χ2n) is 3.42.